The lowest BCUT2D eigenvalue weighted by molar-refractivity contribution is 0.294. The monoisotopic (exact) mass is 384 g/mol. The summed E-state index contributed by atoms with van der Waals surface area (Å²) < 4.78 is 6.26. The first-order valence-corrected chi connectivity index (χ1v) is 7.43. The Labute approximate surface area is 131 Å². The van der Waals surface area contributed by atoms with Crippen molar-refractivity contribution < 1.29 is 4.74 Å². The minimum atomic E-state index is -0.174. The summed E-state index contributed by atoms with van der Waals surface area (Å²) in [5.74, 6) is 1.30. The van der Waals surface area contributed by atoms with Gasteiger partial charge in [-0.3, -0.25) is 4.79 Å². The maximum atomic E-state index is 12.0. The third kappa shape index (κ3) is 3.59. The topological polar surface area (TPSA) is 55.0 Å². The Morgan fingerprint density at radius 1 is 1.25 bits per heavy atom. The quantitative estimate of drug-likeness (QED) is 0.827. The van der Waals surface area contributed by atoms with Gasteiger partial charge in [0.1, 0.15) is 21.8 Å². The van der Waals surface area contributed by atoms with Gasteiger partial charge in [-0.1, -0.05) is 39.0 Å². The van der Waals surface area contributed by atoms with E-state index in [0.717, 1.165) is 11.4 Å². The third-order valence-corrected chi connectivity index (χ3v) is 3.74. The highest BCUT2D eigenvalue weighted by Gasteiger charge is 2.21. The molecule has 106 valence electrons. The molecule has 2 aromatic rings. The van der Waals surface area contributed by atoms with E-state index in [1.54, 1.807) is 0 Å². The zero-order chi connectivity index (χ0) is 14.8. The second kappa shape index (κ2) is 5.95. The Morgan fingerprint density at radius 2 is 1.90 bits per heavy atom. The molecule has 1 N–H and O–H groups in total. The van der Waals surface area contributed by atoms with Crippen LogP contribution in [0.2, 0.25) is 0 Å². The number of ether oxygens (including phenoxy) is 1. The minimum Gasteiger partial charge on any atom is -0.486 e. The van der Waals surface area contributed by atoms with Crippen LogP contribution in [0.15, 0.2) is 35.1 Å². The van der Waals surface area contributed by atoms with Gasteiger partial charge in [0.05, 0.1) is 5.69 Å². The standard InChI is InChI=1S/C15H17IN2O2/c1-15(2,3)13-12(16)14(19)18-11(17-13)9-20-10-7-5-4-6-8-10/h4-8H,9H2,1-3H3,(H,17,18,19). The molecule has 1 aromatic heterocycles. The lowest BCUT2D eigenvalue weighted by Crippen LogP contribution is -2.26. The minimum absolute atomic E-state index is 0.114. The lowest BCUT2D eigenvalue weighted by Gasteiger charge is -2.19. The molecule has 0 bridgehead atoms. The number of hydrogen-bond donors (Lipinski definition) is 1. The van der Waals surface area contributed by atoms with E-state index < -0.39 is 0 Å². The van der Waals surface area contributed by atoms with Gasteiger partial charge in [-0.25, -0.2) is 4.98 Å². The number of rotatable bonds is 3. The number of aromatic nitrogens is 2. The predicted octanol–water partition coefficient (Wildman–Crippen LogP) is 3.25. The Hall–Kier alpha value is -1.37. The van der Waals surface area contributed by atoms with E-state index >= 15 is 0 Å². The molecular weight excluding hydrogens is 367 g/mol. The Balaban J connectivity index is 2.25. The first kappa shape index (κ1) is 15.0. The molecular formula is C15H17IN2O2. The summed E-state index contributed by atoms with van der Waals surface area (Å²) in [5, 5.41) is 0. The molecule has 1 aromatic carbocycles. The maximum absolute atomic E-state index is 12.0. The fourth-order valence-corrected chi connectivity index (χ4v) is 2.80. The van der Waals surface area contributed by atoms with Crippen molar-refractivity contribution >= 4 is 22.6 Å². The van der Waals surface area contributed by atoms with Crippen LogP contribution in [-0.4, -0.2) is 9.97 Å². The molecule has 0 unspecified atom stereocenters. The predicted molar refractivity (Wildman–Crippen MR) is 87.0 cm³/mol. The number of nitrogens with one attached hydrogen (secondary N) is 1. The van der Waals surface area contributed by atoms with E-state index in [1.807, 2.05) is 73.7 Å². The average Bonchev–Trinajstić information content (AvgIpc) is 2.40. The van der Waals surface area contributed by atoms with Crippen LogP contribution >= 0.6 is 22.6 Å². The molecule has 1 heterocycles. The molecule has 0 aliphatic heterocycles. The molecule has 0 amide bonds. The second-order valence-corrected chi connectivity index (χ2v) is 6.61. The van der Waals surface area contributed by atoms with Gasteiger partial charge in [0, 0.05) is 5.41 Å². The van der Waals surface area contributed by atoms with E-state index in [-0.39, 0.29) is 17.6 Å². The van der Waals surface area contributed by atoms with Crippen LogP contribution in [0.4, 0.5) is 0 Å². The van der Waals surface area contributed by atoms with E-state index in [1.165, 1.54) is 0 Å². The van der Waals surface area contributed by atoms with Crippen molar-refractivity contribution in [1.29, 1.82) is 0 Å². The van der Waals surface area contributed by atoms with Crippen molar-refractivity contribution in [1.82, 2.24) is 9.97 Å². The van der Waals surface area contributed by atoms with E-state index in [9.17, 15) is 4.79 Å². The number of hydrogen-bond acceptors (Lipinski definition) is 3. The molecule has 0 spiro atoms. The van der Waals surface area contributed by atoms with Crippen LogP contribution in [0, 0.1) is 3.57 Å². The zero-order valence-electron chi connectivity index (χ0n) is 11.7. The van der Waals surface area contributed by atoms with Crippen LogP contribution in [0.5, 0.6) is 5.75 Å². The smallest absolute Gasteiger partial charge is 0.264 e. The largest absolute Gasteiger partial charge is 0.486 e. The summed E-state index contributed by atoms with van der Waals surface area (Å²) in [7, 11) is 0. The average molecular weight is 384 g/mol. The SMILES string of the molecule is CC(C)(C)c1nc(COc2ccccc2)[nH]c(=O)c1I. The molecule has 0 saturated carbocycles. The summed E-state index contributed by atoms with van der Waals surface area (Å²) in [6.45, 7) is 6.37. The molecule has 0 aliphatic carbocycles. The molecule has 20 heavy (non-hydrogen) atoms. The highest BCUT2D eigenvalue weighted by atomic mass is 127. The fraction of sp³-hybridized carbons (Fsp3) is 0.333. The van der Waals surface area contributed by atoms with E-state index in [2.05, 4.69) is 9.97 Å². The zero-order valence-corrected chi connectivity index (χ0v) is 13.9. The number of aromatic amines is 1. The number of halogens is 1. The number of para-hydroxylation sites is 1. The van der Waals surface area contributed by atoms with Crippen molar-refractivity contribution in [3.05, 3.63) is 55.8 Å². The van der Waals surface area contributed by atoms with Gasteiger partial charge < -0.3 is 9.72 Å². The van der Waals surface area contributed by atoms with Crippen LogP contribution < -0.4 is 10.3 Å². The fourth-order valence-electron chi connectivity index (χ4n) is 1.74. The molecule has 5 heteroatoms. The first-order valence-electron chi connectivity index (χ1n) is 6.35. The van der Waals surface area contributed by atoms with Gasteiger partial charge in [0.25, 0.3) is 5.56 Å². The Kier molecular flexibility index (Phi) is 4.47. The number of benzene rings is 1. The second-order valence-electron chi connectivity index (χ2n) is 5.53. The van der Waals surface area contributed by atoms with Crippen molar-refractivity contribution in [2.24, 2.45) is 0 Å². The number of nitrogens with zero attached hydrogens (tertiary/aromatic N) is 1. The van der Waals surface area contributed by atoms with E-state index in [4.69, 9.17) is 4.74 Å². The van der Waals surface area contributed by atoms with Gasteiger partial charge >= 0.3 is 0 Å². The molecule has 0 fully saturated rings. The Bertz CT molecular complexity index is 645. The van der Waals surface area contributed by atoms with Crippen LogP contribution in [-0.2, 0) is 12.0 Å². The molecule has 2 rings (SSSR count). The highest BCUT2D eigenvalue weighted by Crippen LogP contribution is 2.23. The normalized spacial score (nSPS) is 11.4. The van der Waals surface area contributed by atoms with Crippen LogP contribution in [0.25, 0.3) is 0 Å². The molecule has 0 atom stereocenters. The third-order valence-electron chi connectivity index (χ3n) is 2.74. The highest BCUT2D eigenvalue weighted by molar-refractivity contribution is 14.1. The maximum Gasteiger partial charge on any atom is 0.264 e. The van der Waals surface area contributed by atoms with Gasteiger partial charge in [0.15, 0.2) is 0 Å². The van der Waals surface area contributed by atoms with Crippen molar-refractivity contribution in [2.75, 3.05) is 0 Å². The molecule has 0 aliphatic rings. The summed E-state index contributed by atoms with van der Waals surface area (Å²) >= 11 is 2.04. The first-order chi connectivity index (χ1) is 9.38. The van der Waals surface area contributed by atoms with E-state index in [0.29, 0.717) is 9.39 Å². The van der Waals surface area contributed by atoms with Crippen molar-refractivity contribution in [2.45, 2.75) is 32.8 Å². The summed E-state index contributed by atoms with van der Waals surface area (Å²) in [6.07, 6.45) is 0. The van der Waals surface area contributed by atoms with Crippen LogP contribution in [0.3, 0.4) is 0 Å². The summed E-state index contributed by atoms with van der Waals surface area (Å²) in [5.41, 5.74) is 0.512. The molecule has 4 nitrogen and oxygen atoms in total. The van der Waals surface area contributed by atoms with Gasteiger partial charge in [-0.2, -0.15) is 0 Å². The van der Waals surface area contributed by atoms with Crippen LogP contribution in [0.1, 0.15) is 32.3 Å². The summed E-state index contributed by atoms with van der Waals surface area (Å²) in [6, 6.07) is 9.47. The Morgan fingerprint density at radius 3 is 2.50 bits per heavy atom. The lowest BCUT2D eigenvalue weighted by atomic mass is 9.92. The molecule has 0 radical (unpaired) electrons. The van der Waals surface area contributed by atoms with Gasteiger partial charge in [-0.05, 0) is 34.7 Å². The van der Waals surface area contributed by atoms with Gasteiger partial charge in [0.2, 0.25) is 0 Å². The van der Waals surface area contributed by atoms with Crippen molar-refractivity contribution in [3.8, 4) is 5.75 Å². The number of H-pyrrole nitrogens is 1. The van der Waals surface area contributed by atoms with Gasteiger partial charge in [-0.15, -0.1) is 0 Å². The molecule has 0 saturated heterocycles. The summed E-state index contributed by atoms with van der Waals surface area (Å²) in [4.78, 5) is 19.3. The van der Waals surface area contributed by atoms with Crippen molar-refractivity contribution in [3.63, 3.8) is 0 Å².